The van der Waals surface area contributed by atoms with E-state index in [4.69, 9.17) is 23.7 Å². The van der Waals surface area contributed by atoms with Crippen LogP contribution in [-0.2, 0) is 28.5 Å². The van der Waals surface area contributed by atoms with E-state index in [2.05, 4.69) is 0 Å². The van der Waals surface area contributed by atoms with Crippen LogP contribution in [0.1, 0.15) is 20.8 Å². The topological polar surface area (TPSA) is 80.3 Å². The summed E-state index contributed by atoms with van der Waals surface area (Å²) in [7, 11) is 0. The Morgan fingerprint density at radius 3 is 2.70 bits per heavy atom. The van der Waals surface area contributed by atoms with Crippen LogP contribution >= 0.6 is 11.8 Å². The van der Waals surface area contributed by atoms with Crippen LogP contribution in [0.15, 0.2) is 0 Å². The van der Waals surface area contributed by atoms with Crippen LogP contribution in [0.3, 0.4) is 0 Å². The van der Waals surface area contributed by atoms with Gasteiger partial charge in [-0.25, -0.2) is 4.79 Å². The highest BCUT2D eigenvalue weighted by atomic mass is 32.2. The van der Waals surface area contributed by atoms with Crippen molar-refractivity contribution in [2.45, 2.75) is 56.4 Å². The van der Waals surface area contributed by atoms with Crippen molar-refractivity contribution in [2.24, 2.45) is 0 Å². The molecule has 7 nitrogen and oxygen atoms in total. The lowest BCUT2D eigenvalue weighted by molar-refractivity contribution is -0.218. The summed E-state index contributed by atoms with van der Waals surface area (Å²) in [6.45, 7) is 5.10. The minimum atomic E-state index is -0.784. The summed E-state index contributed by atoms with van der Waals surface area (Å²) in [5, 5.41) is -0.577. The predicted octanol–water partition coefficient (Wildman–Crippen LogP) is 1.05. The maximum Gasteiger partial charge on any atom is 0.367 e. The molecule has 0 amide bonds. The van der Waals surface area contributed by atoms with E-state index in [1.54, 1.807) is 13.8 Å². The molecule has 8 heteroatoms. The molecule has 0 radical (unpaired) electrons. The van der Waals surface area contributed by atoms with Gasteiger partial charge in [-0.2, -0.15) is 0 Å². The minimum Gasteiger partial charge on any atom is -0.457 e. The number of hydrogen-bond acceptors (Lipinski definition) is 8. The second-order valence-electron chi connectivity index (χ2n) is 5.36. The minimum absolute atomic E-state index is 0.229. The van der Waals surface area contributed by atoms with E-state index in [1.807, 2.05) is 0 Å². The van der Waals surface area contributed by atoms with Crippen LogP contribution in [0.2, 0.25) is 0 Å². The number of rotatable bonds is 2. The molecule has 5 atom stereocenters. The third kappa shape index (κ3) is 2.52. The highest BCUT2D eigenvalue weighted by Crippen LogP contribution is 2.42. The normalized spacial score (nSPS) is 42.4. The lowest BCUT2D eigenvalue weighted by Gasteiger charge is -2.27. The fraction of sp³-hybridized carbons (Fsp3) is 0.833. The van der Waals surface area contributed by atoms with Gasteiger partial charge in [0.05, 0.1) is 5.25 Å². The van der Waals surface area contributed by atoms with Gasteiger partial charge in [-0.1, -0.05) is 0 Å². The van der Waals surface area contributed by atoms with E-state index in [0.29, 0.717) is 0 Å². The summed E-state index contributed by atoms with van der Waals surface area (Å²) < 4.78 is 27.4. The number of carbonyl (C=O) groups is 2. The van der Waals surface area contributed by atoms with E-state index in [1.165, 1.54) is 6.92 Å². The average Bonchev–Trinajstić information content (AvgIpc) is 2.93. The van der Waals surface area contributed by atoms with Gasteiger partial charge in [0.2, 0.25) is 0 Å². The number of hydrogen-bond donors (Lipinski definition) is 0. The van der Waals surface area contributed by atoms with Gasteiger partial charge in [-0.3, -0.25) is 4.79 Å². The van der Waals surface area contributed by atoms with Crippen molar-refractivity contribution in [3.63, 3.8) is 0 Å². The Morgan fingerprint density at radius 1 is 1.35 bits per heavy atom. The monoisotopic (exact) mass is 304 g/mol. The van der Waals surface area contributed by atoms with E-state index < -0.39 is 36.4 Å². The fourth-order valence-electron chi connectivity index (χ4n) is 2.63. The molecule has 3 heterocycles. The Labute approximate surface area is 120 Å². The number of cyclic esters (lactones) is 1. The Hall–Kier alpha value is -0.830. The van der Waals surface area contributed by atoms with Crippen molar-refractivity contribution >= 4 is 23.0 Å². The molecule has 0 spiro atoms. The Balaban J connectivity index is 1.78. The molecule has 3 saturated heterocycles. The van der Waals surface area contributed by atoms with Crippen molar-refractivity contribution in [1.29, 1.82) is 0 Å². The lowest BCUT2D eigenvalue weighted by atomic mass is 10.1. The zero-order chi connectivity index (χ0) is 14.5. The van der Waals surface area contributed by atoms with Gasteiger partial charge in [0, 0.05) is 6.92 Å². The molecular weight excluding hydrogens is 288 g/mol. The molecule has 3 aliphatic heterocycles. The average molecular weight is 304 g/mol. The first-order chi connectivity index (χ1) is 9.35. The number of esters is 1. The summed E-state index contributed by atoms with van der Waals surface area (Å²) in [4.78, 5) is 22.5. The molecule has 3 fully saturated rings. The largest absolute Gasteiger partial charge is 0.457 e. The Bertz CT molecular complexity index is 438. The van der Waals surface area contributed by atoms with Crippen LogP contribution in [0, 0.1) is 0 Å². The lowest BCUT2D eigenvalue weighted by Crippen LogP contribution is -2.42. The highest BCUT2D eigenvalue weighted by Gasteiger charge is 2.59. The molecular formula is C12H16O7S. The second kappa shape index (κ2) is 4.87. The third-order valence-electron chi connectivity index (χ3n) is 3.31. The van der Waals surface area contributed by atoms with Gasteiger partial charge in [0.1, 0.15) is 12.7 Å². The summed E-state index contributed by atoms with van der Waals surface area (Å²) in [6, 6.07) is 0. The highest BCUT2D eigenvalue weighted by molar-refractivity contribution is 8.14. The smallest absolute Gasteiger partial charge is 0.367 e. The molecule has 0 bridgehead atoms. The predicted molar refractivity (Wildman–Crippen MR) is 67.0 cm³/mol. The van der Waals surface area contributed by atoms with Gasteiger partial charge in [-0.15, -0.1) is 0 Å². The SMILES string of the molecule is CC(=O)O[C@@H]1[C@H]2OC(C)(C)O[C@H]2O[C@@H]1[C@@H]1COC(=O)S1. The third-order valence-corrected chi connectivity index (χ3v) is 4.33. The molecule has 0 aromatic carbocycles. The number of carbonyl (C=O) groups excluding carboxylic acids is 2. The second-order valence-corrected chi connectivity index (χ2v) is 6.54. The summed E-state index contributed by atoms with van der Waals surface area (Å²) in [6.07, 6.45) is -2.18. The summed E-state index contributed by atoms with van der Waals surface area (Å²) >= 11 is 1.04. The van der Waals surface area contributed by atoms with Crippen LogP contribution in [-0.4, -0.2) is 53.5 Å². The maximum atomic E-state index is 11.3. The van der Waals surface area contributed by atoms with Gasteiger partial charge in [0.15, 0.2) is 24.3 Å². The van der Waals surface area contributed by atoms with E-state index in [0.717, 1.165) is 11.8 Å². The first-order valence-corrected chi connectivity index (χ1v) is 7.25. The molecule has 20 heavy (non-hydrogen) atoms. The van der Waals surface area contributed by atoms with Crippen LogP contribution < -0.4 is 0 Å². The summed E-state index contributed by atoms with van der Waals surface area (Å²) in [5.74, 6) is -1.21. The van der Waals surface area contributed by atoms with Gasteiger partial charge >= 0.3 is 11.3 Å². The molecule has 0 saturated carbocycles. The Kier molecular flexibility index (Phi) is 3.44. The van der Waals surface area contributed by atoms with E-state index >= 15 is 0 Å². The van der Waals surface area contributed by atoms with Crippen molar-refractivity contribution < 1.29 is 33.3 Å². The quantitative estimate of drug-likeness (QED) is 0.700. The molecule has 0 unspecified atom stereocenters. The molecule has 0 N–H and O–H groups in total. The van der Waals surface area contributed by atoms with Crippen molar-refractivity contribution in [3.05, 3.63) is 0 Å². The van der Waals surface area contributed by atoms with Crippen LogP contribution in [0.5, 0.6) is 0 Å². The molecule has 0 aliphatic carbocycles. The van der Waals surface area contributed by atoms with Crippen LogP contribution in [0.25, 0.3) is 0 Å². The first kappa shape index (κ1) is 14.1. The zero-order valence-electron chi connectivity index (χ0n) is 11.4. The molecule has 3 aliphatic rings. The number of ether oxygens (including phenoxy) is 5. The number of thioether (sulfide) groups is 1. The molecule has 112 valence electrons. The molecule has 0 aromatic rings. The zero-order valence-corrected chi connectivity index (χ0v) is 12.2. The van der Waals surface area contributed by atoms with Gasteiger partial charge in [-0.05, 0) is 25.6 Å². The van der Waals surface area contributed by atoms with Crippen molar-refractivity contribution in [2.75, 3.05) is 6.61 Å². The molecule has 3 rings (SSSR count). The fourth-order valence-corrected chi connectivity index (χ4v) is 3.51. The van der Waals surface area contributed by atoms with E-state index in [-0.39, 0.29) is 17.2 Å². The van der Waals surface area contributed by atoms with Gasteiger partial charge in [0.25, 0.3) is 0 Å². The van der Waals surface area contributed by atoms with E-state index in [9.17, 15) is 9.59 Å². The van der Waals surface area contributed by atoms with Crippen molar-refractivity contribution in [3.8, 4) is 0 Å². The first-order valence-electron chi connectivity index (χ1n) is 6.37. The maximum absolute atomic E-state index is 11.3. The molecule has 0 aromatic heterocycles. The Morgan fingerprint density at radius 2 is 2.10 bits per heavy atom. The van der Waals surface area contributed by atoms with Crippen molar-refractivity contribution in [1.82, 2.24) is 0 Å². The summed E-state index contributed by atoms with van der Waals surface area (Å²) in [5.41, 5.74) is 0. The number of fused-ring (bicyclic) bond motifs is 1. The standard InChI is InChI=1S/C12H16O7S/c1-5(13)16-8-7(6-4-15-11(14)20-6)17-10-9(8)18-12(2,3)19-10/h6-10H,4H2,1-3H3/t6-,7+,8-,9+,10+/m0/s1. The van der Waals surface area contributed by atoms with Crippen LogP contribution in [0.4, 0.5) is 4.79 Å². The van der Waals surface area contributed by atoms with Gasteiger partial charge < -0.3 is 23.7 Å².